The summed E-state index contributed by atoms with van der Waals surface area (Å²) in [5, 5.41) is 8.84. The Labute approximate surface area is 204 Å². The van der Waals surface area contributed by atoms with Gasteiger partial charge in [0.25, 0.3) is 10.0 Å². The first-order valence-corrected chi connectivity index (χ1v) is 12.9. The van der Waals surface area contributed by atoms with Crippen LogP contribution >= 0.6 is 11.6 Å². The van der Waals surface area contributed by atoms with Gasteiger partial charge in [-0.15, -0.1) is 0 Å². The Morgan fingerprint density at radius 2 is 1.91 bits per heavy atom. The number of fused-ring (bicyclic) bond motifs is 1. The number of aromatic nitrogens is 1. The zero-order valence-corrected chi connectivity index (χ0v) is 20.7. The van der Waals surface area contributed by atoms with Crippen LogP contribution in [0, 0.1) is 11.3 Å². The van der Waals surface area contributed by atoms with E-state index in [9.17, 15) is 13.2 Å². The Hall–Kier alpha value is -2.88. The molecule has 1 aliphatic heterocycles. The zero-order valence-electron chi connectivity index (χ0n) is 19.1. The first kappa shape index (κ1) is 24.3. The van der Waals surface area contributed by atoms with Crippen LogP contribution in [0.2, 0.25) is 5.02 Å². The van der Waals surface area contributed by atoms with Crippen LogP contribution in [0.1, 0.15) is 31.4 Å². The average Bonchev–Trinajstić information content (AvgIpc) is 3.20. The SMILES string of the molecule is CC(C)C[C@H]1CN(S(=O)(=O)c2cc3ccc(Cl)cc3[nH]2)CC(=O)N1Cc1ccc(C(=N)N)cc1. The normalized spacial score (nSPS) is 17.6. The van der Waals surface area contributed by atoms with Gasteiger partial charge in [-0.1, -0.05) is 55.8 Å². The molecule has 0 aliphatic carbocycles. The summed E-state index contributed by atoms with van der Waals surface area (Å²) >= 11 is 6.04. The minimum absolute atomic E-state index is 0.0154. The topological polar surface area (TPSA) is 123 Å². The molecule has 0 spiro atoms. The molecule has 0 saturated carbocycles. The lowest BCUT2D eigenvalue weighted by Gasteiger charge is -2.41. The number of sulfonamides is 1. The number of piperazine rings is 1. The van der Waals surface area contributed by atoms with Gasteiger partial charge in [-0.05, 0) is 36.1 Å². The molecule has 180 valence electrons. The number of nitrogens with one attached hydrogen (secondary N) is 2. The lowest BCUT2D eigenvalue weighted by molar-refractivity contribution is -0.138. The quantitative estimate of drug-likeness (QED) is 0.338. The summed E-state index contributed by atoms with van der Waals surface area (Å²) in [6, 6.07) is 13.6. The van der Waals surface area contributed by atoms with Gasteiger partial charge in [0, 0.05) is 40.6 Å². The maximum atomic E-state index is 13.4. The molecule has 8 nitrogen and oxygen atoms in total. The van der Waals surface area contributed by atoms with E-state index in [1.54, 1.807) is 41.3 Å². The summed E-state index contributed by atoms with van der Waals surface area (Å²) in [5.74, 6) is 0.0203. The Morgan fingerprint density at radius 3 is 2.56 bits per heavy atom. The number of nitrogens with zero attached hydrogens (tertiary/aromatic N) is 2. The van der Waals surface area contributed by atoms with Gasteiger partial charge in [-0.25, -0.2) is 8.42 Å². The summed E-state index contributed by atoms with van der Waals surface area (Å²) in [7, 11) is -3.90. The van der Waals surface area contributed by atoms with E-state index in [-0.39, 0.29) is 41.8 Å². The van der Waals surface area contributed by atoms with Gasteiger partial charge >= 0.3 is 0 Å². The van der Waals surface area contributed by atoms with Crippen LogP contribution in [0.4, 0.5) is 0 Å². The van der Waals surface area contributed by atoms with Gasteiger partial charge in [0.05, 0.1) is 6.54 Å². The molecule has 3 aromatic rings. The zero-order chi connectivity index (χ0) is 24.6. The van der Waals surface area contributed by atoms with Crippen molar-refractivity contribution in [2.24, 2.45) is 11.7 Å². The van der Waals surface area contributed by atoms with Crippen molar-refractivity contribution < 1.29 is 13.2 Å². The van der Waals surface area contributed by atoms with Gasteiger partial charge in [0.2, 0.25) is 5.91 Å². The predicted octanol–water partition coefficient (Wildman–Crippen LogP) is 3.55. The van der Waals surface area contributed by atoms with Gasteiger partial charge in [-0.2, -0.15) is 4.31 Å². The number of aromatic amines is 1. The van der Waals surface area contributed by atoms with Crippen molar-refractivity contribution in [2.45, 2.75) is 37.9 Å². The largest absolute Gasteiger partial charge is 0.384 e. The molecule has 1 aromatic heterocycles. The fraction of sp³-hybridized carbons (Fsp3) is 0.333. The van der Waals surface area contributed by atoms with Gasteiger partial charge in [0.15, 0.2) is 0 Å². The van der Waals surface area contributed by atoms with Crippen molar-refractivity contribution >= 4 is 44.3 Å². The highest BCUT2D eigenvalue weighted by molar-refractivity contribution is 7.89. The first-order chi connectivity index (χ1) is 16.0. The Bertz CT molecular complexity index is 1330. The summed E-state index contributed by atoms with van der Waals surface area (Å²) in [4.78, 5) is 17.9. The number of H-pyrrole nitrogens is 1. The predicted molar refractivity (Wildman–Crippen MR) is 133 cm³/mol. The first-order valence-electron chi connectivity index (χ1n) is 11.1. The standard InChI is InChI=1S/C24H28ClN5O3S/c1-15(2)9-20-13-29(34(32,33)22-10-18-7-8-19(25)11-21(18)28-22)14-23(31)30(20)12-16-3-5-17(6-4-16)24(26)27/h3-8,10-11,15,20,28H,9,12-14H2,1-2H3,(H3,26,27)/t20-/m0/s1. The number of carbonyl (C=O) groups is 1. The van der Waals surface area contributed by atoms with Crippen LogP contribution in [0.25, 0.3) is 10.9 Å². The molecule has 0 unspecified atom stereocenters. The molecule has 2 aromatic carbocycles. The molecule has 10 heteroatoms. The van der Waals surface area contributed by atoms with E-state index < -0.39 is 10.0 Å². The van der Waals surface area contributed by atoms with E-state index in [1.165, 1.54) is 4.31 Å². The molecule has 4 rings (SSSR count). The number of rotatable bonds is 7. The number of halogens is 1. The van der Waals surface area contributed by atoms with E-state index in [0.29, 0.717) is 29.1 Å². The highest BCUT2D eigenvalue weighted by Crippen LogP contribution is 2.28. The molecule has 1 amide bonds. The van der Waals surface area contributed by atoms with Crippen molar-refractivity contribution in [2.75, 3.05) is 13.1 Å². The number of benzene rings is 2. The fourth-order valence-electron chi connectivity index (χ4n) is 4.33. The van der Waals surface area contributed by atoms with Crippen LogP contribution in [-0.4, -0.2) is 53.5 Å². The second-order valence-corrected chi connectivity index (χ2v) is 11.4. The van der Waals surface area contributed by atoms with Crippen molar-refractivity contribution in [3.05, 3.63) is 64.7 Å². The monoisotopic (exact) mass is 501 g/mol. The summed E-state index contributed by atoms with van der Waals surface area (Å²) in [6.45, 7) is 4.47. The third kappa shape index (κ3) is 4.96. The van der Waals surface area contributed by atoms with Crippen LogP contribution in [0.3, 0.4) is 0 Å². The maximum absolute atomic E-state index is 13.4. The molecular formula is C24H28ClN5O3S. The molecular weight excluding hydrogens is 474 g/mol. The van der Waals surface area contributed by atoms with E-state index in [0.717, 1.165) is 10.9 Å². The molecule has 0 bridgehead atoms. The minimum Gasteiger partial charge on any atom is -0.384 e. The fourth-order valence-corrected chi connectivity index (χ4v) is 5.94. The van der Waals surface area contributed by atoms with Crippen molar-refractivity contribution in [3.63, 3.8) is 0 Å². The molecule has 1 fully saturated rings. The average molecular weight is 502 g/mol. The molecule has 1 saturated heterocycles. The lowest BCUT2D eigenvalue weighted by atomic mass is 9.99. The summed E-state index contributed by atoms with van der Waals surface area (Å²) in [6.07, 6.45) is 0.672. The number of amidine groups is 1. The molecule has 0 radical (unpaired) electrons. The van der Waals surface area contributed by atoms with Crippen molar-refractivity contribution in [1.29, 1.82) is 5.41 Å². The summed E-state index contributed by atoms with van der Waals surface area (Å²) in [5.41, 5.74) is 7.67. The Balaban J connectivity index is 1.59. The Morgan fingerprint density at radius 1 is 1.21 bits per heavy atom. The molecule has 34 heavy (non-hydrogen) atoms. The second-order valence-electron chi connectivity index (χ2n) is 9.08. The van der Waals surface area contributed by atoms with E-state index in [1.807, 2.05) is 12.1 Å². The smallest absolute Gasteiger partial charge is 0.259 e. The summed E-state index contributed by atoms with van der Waals surface area (Å²) < 4.78 is 28.2. The highest BCUT2D eigenvalue weighted by Gasteiger charge is 2.39. The Kier molecular flexibility index (Phi) is 6.71. The van der Waals surface area contributed by atoms with Crippen LogP contribution in [0.15, 0.2) is 53.6 Å². The lowest BCUT2D eigenvalue weighted by Crippen LogP contribution is -2.57. The van der Waals surface area contributed by atoms with Gasteiger partial charge < -0.3 is 15.6 Å². The van der Waals surface area contributed by atoms with E-state index in [4.69, 9.17) is 22.7 Å². The highest BCUT2D eigenvalue weighted by atomic mass is 35.5. The molecule has 1 aliphatic rings. The minimum atomic E-state index is -3.90. The molecule has 2 heterocycles. The number of nitrogen functional groups attached to an aromatic ring is 1. The third-order valence-electron chi connectivity index (χ3n) is 6.03. The van der Waals surface area contributed by atoms with Crippen LogP contribution in [0.5, 0.6) is 0 Å². The number of hydrogen-bond acceptors (Lipinski definition) is 4. The molecule has 4 N–H and O–H groups in total. The number of hydrogen-bond donors (Lipinski definition) is 3. The van der Waals surface area contributed by atoms with E-state index >= 15 is 0 Å². The van der Waals surface area contributed by atoms with Gasteiger partial charge in [-0.3, -0.25) is 10.2 Å². The number of amides is 1. The van der Waals surface area contributed by atoms with E-state index in [2.05, 4.69) is 18.8 Å². The maximum Gasteiger partial charge on any atom is 0.259 e. The second kappa shape index (κ2) is 9.40. The third-order valence-corrected chi connectivity index (χ3v) is 7.99. The van der Waals surface area contributed by atoms with Crippen molar-refractivity contribution in [3.8, 4) is 0 Å². The van der Waals surface area contributed by atoms with Gasteiger partial charge in [0.1, 0.15) is 10.9 Å². The number of nitrogens with two attached hydrogens (primary N) is 1. The molecule has 1 atom stereocenters. The number of carbonyl (C=O) groups excluding carboxylic acids is 1. The van der Waals surface area contributed by atoms with Crippen molar-refractivity contribution in [1.82, 2.24) is 14.2 Å². The van der Waals surface area contributed by atoms with Crippen LogP contribution < -0.4 is 5.73 Å². The van der Waals surface area contributed by atoms with Crippen LogP contribution in [-0.2, 0) is 21.4 Å².